The lowest BCUT2D eigenvalue weighted by molar-refractivity contribution is 0.0568. The van der Waals surface area contributed by atoms with Crippen LogP contribution in [0.25, 0.3) is 17.2 Å². The van der Waals surface area contributed by atoms with Gasteiger partial charge in [0.2, 0.25) is 5.95 Å². The Hall–Kier alpha value is -3.81. The molecular weight excluding hydrogens is 497 g/mol. The van der Waals surface area contributed by atoms with E-state index in [1.54, 1.807) is 22.8 Å². The molecule has 0 radical (unpaired) electrons. The first kappa shape index (κ1) is 25.3. The summed E-state index contributed by atoms with van der Waals surface area (Å²) < 4.78 is 56.0. The van der Waals surface area contributed by atoms with E-state index in [4.69, 9.17) is 9.47 Å². The highest BCUT2D eigenvalue weighted by Crippen LogP contribution is 2.38. The Morgan fingerprint density at radius 1 is 1.00 bits per heavy atom. The average Bonchev–Trinajstić information content (AvgIpc) is 3.54. The minimum Gasteiger partial charge on any atom is -0.494 e. The van der Waals surface area contributed by atoms with E-state index >= 15 is 0 Å². The van der Waals surface area contributed by atoms with Gasteiger partial charge in [-0.15, -0.1) is 10.2 Å². The lowest BCUT2D eigenvalue weighted by Gasteiger charge is -2.20. The van der Waals surface area contributed by atoms with Crippen molar-refractivity contribution in [2.24, 2.45) is 0 Å². The highest BCUT2D eigenvalue weighted by atomic mass is 32.2. The molecule has 0 saturated heterocycles. The molecule has 0 amide bonds. The predicted octanol–water partition coefficient (Wildman–Crippen LogP) is 4.72. The molecule has 1 N–H and O–H groups in total. The maximum Gasteiger partial charge on any atom is 0.333 e. The van der Waals surface area contributed by atoms with Crippen LogP contribution in [0, 0.1) is 5.82 Å². The number of hydrogen-bond donors (Lipinski definition) is 1. The second-order valence-corrected chi connectivity index (χ2v) is 8.81. The summed E-state index contributed by atoms with van der Waals surface area (Å²) in [6.07, 6.45) is 3.41. The maximum absolute atomic E-state index is 13.2. The first-order valence-corrected chi connectivity index (χ1v) is 11.6. The zero-order valence-electron chi connectivity index (χ0n) is 19.8. The summed E-state index contributed by atoms with van der Waals surface area (Å²) in [6, 6.07) is 6.63. The molecule has 36 heavy (non-hydrogen) atoms. The molecule has 190 valence electrons. The fourth-order valence-corrected chi connectivity index (χ4v) is 4.11. The quantitative estimate of drug-likeness (QED) is 0.297. The number of nitrogens with zero attached hydrogens (tertiary/aromatic N) is 7. The zero-order chi connectivity index (χ0) is 25.8. The van der Waals surface area contributed by atoms with Gasteiger partial charge >= 0.3 is 6.55 Å². The normalized spacial score (nSPS) is 13.0. The molecule has 0 saturated carbocycles. The summed E-state index contributed by atoms with van der Waals surface area (Å²) >= 11 is 1.32. The summed E-state index contributed by atoms with van der Waals surface area (Å²) in [5.74, 6) is 1.21. The number of rotatable bonds is 10. The smallest absolute Gasteiger partial charge is 0.333 e. The molecule has 1 aromatic carbocycles. The van der Waals surface area contributed by atoms with E-state index in [-0.39, 0.29) is 28.6 Å². The molecule has 14 heteroatoms. The Balaban J connectivity index is 1.72. The topological polar surface area (TPSA) is 105 Å². The molecule has 4 aromatic rings. The number of nitrogens with one attached hydrogen (secondary N) is 1. The van der Waals surface area contributed by atoms with E-state index < -0.39 is 12.4 Å². The third-order valence-electron chi connectivity index (χ3n) is 5.41. The minimum absolute atomic E-state index is 0.0818. The van der Waals surface area contributed by atoms with Crippen LogP contribution in [0.5, 0.6) is 11.5 Å². The summed E-state index contributed by atoms with van der Waals surface area (Å²) in [5.41, 5.74) is 0.634. The van der Waals surface area contributed by atoms with Gasteiger partial charge in [-0.25, -0.2) is 19.0 Å². The number of benzene rings is 1. The standard InChI is InChI=1S/C22H23F3N8O2S/c1-12(19-26-10-14(23)11-27-19)13(2)36-31-22-29-28-20(15-8-9-32(30-15)21(24)25)33(22)18-16(34-3)6-5-7-17(18)35-4/h5-13,21H,1-4H3,(H,29,31). The highest BCUT2D eigenvalue weighted by Gasteiger charge is 2.26. The highest BCUT2D eigenvalue weighted by molar-refractivity contribution is 8.01. The number of anilines is 1. The van der Waals surface area contributed by atoms with Crippen LogP contribution in [-0.4, -0.2) is 54.0 Å². The molecule has 10 nitrogen and oxygen atoms in total. The van der Waals surface area contributed by atoms with Gasteiger partial charge in [0.25, 0.3) is 0 Å². The number of methoxy groups -OCH3 is 2. The second kappa shape index (κ2) is 10.8. The fraction of sp³-hybridized carbons (Fsp3) is 0.318. The van der Waals surface area contributed by atoms with Crippen LogP contribution < -0.4 is 14.2 Å². The van der Waals surface area contributed by atoms with Crippen molar-refractivity contribution in [1.29, 1.82) is 0 Å². The van der Waals surface area contributed by atoms with Crippen LogP contribution in [0.3, 0.4) is 0 Å². The summed E-state index contributed by atoms with van der Waals surface area (Å²) in [7, 11) is 3.00. The van der Waals surface area contributed by atoms with Gasteiger partial charge in [0.15, 0.2) is 11.6 Å². The van der Waals surface area contributed by atoms with Crippen molar-refractivity contribution in [3.63, 3.8) is 0 Å². The number of alkyl halides is 2. The van der Waals surface area contributed by atoms with Gasteiger partial charge in [-0.05, 0) is 30.1 Å². The number of para-hydroxylation sites is 1. The van der Waals surface area contributed by atoms with E-state index in [1.165, 1.54) is 32.2 Å². The average molecular weight is 521 g/mol. The molecule has 3 aromatic heterocycles. The number of hydrogen-bond acceptors (Lipinski definition) is 9. The Bertz CT molecular complexity index is 1290. The van der Waals surface area contributed by atoms with Crippen molar-refractivity contribution in [2.75, 3.05) is 18.9 Å². The van der Waals surface area contributed by atoms with E-state index in [0.717, 1.165) is 18.6 Å². The molecule has 2 atom stereocenters. The Labute approximate surface area is 209 Å². The molecule has 0 aliphatic rings. The van der Waals surface area contributed by atoms with Gasteiger partial charge in [-0.1, -0.05) is 19.9 Å². The third-order valence-corrected chi connectivity index (χ3v) is 6.49. The molecule has 0 fully saturated rings. The van der Waals surface area contributed by atoms with E-state index in [9.17, 15) is 13.2 Å². The van der Waals surface area contributed by atoms with Crippen molar-refractivity contribution >= 4 is 17.9 Å². The maximum atomic E-state index is 13.2. The SMILES string of the molecule is COc1cccc(OC)c1-n1c(NSC(C)C(C)c2ncc(F)cn2)nnc1-c1ccn(C(F)F)n1. The lowest BCUT2D eigenvalue weighted by Crippen LogP contribution is -2.15. The lowest BCUT2D eigenvalue weighted by atomic mass is 10.1. The Morgan fingerprint density at radius 3 is 2.25 bits per heavy atom. The minimum atomic E-state index is -2.81. The predicted molar refractivity (Wildman–Crippen MR) is 128 cm³/mol. The second-order valence-electron chi connectivity index (χ2n) is 7.63. The molecule has 4 rings (SSSR count). The summed E-state index contributed by atoms with van der Waals surface area (Å²) in [4.78, 5) is 8.12. The molecule has 0 aliphatic heterocycles. The molecular formula is C22H23F3N8O2S. The van der Waals surface area contributed by atoms with Crippen molar-refractivity contribution in [2.45, 2.75) is 31.6 Å². The van der Waals surface area contributed by atoms with E-state index in [1.807, 2.05) is 13.8 Å². The van der Waals surface area contributed by atoms with Gasteiger partial charge in [0.05, 0.1) is 26.6 Å². The van der Waals surface area contributed by atoms with Crippen molar-refractivity contribution < 1.29 is 22.6 Å². The summed E-state index contributed by atoms with van der Waals surface area (Å²) in [5, 5.41) is 12.3. The zero-order valence-corrected chi connectivity index (χ0v) is 20.6. The molecule has 0 spiro atoms. The van der Waals surface area contributed by atoms with Crippen LogP contribution in [0.15, 0.2) is 42.9 Å². The van der Waals surface area contributed by atoms with Gasteiger partial charge in [0, 0.05) is 17.4 Å². The van der Waals surface area contributed by atoms with Gasteiger partial charge in [-0.2, -0.15) is 13.9 Å². The molecule has 0 bridgehead atoms. The Kier molecular flexibility index (Phi) is 7.62. The van der Waals surface area contributed by atoms with Crippen LogP contribution in [0.1, 0.15) is 32.1 Å². The van der Waals surface area contributed by atoms with E-state index in [2.05, 4.69) is 30.0 Å². The van der Waals surface area contributed by atoms with Crippen LogP contribution in [0.4, 0.5) is 19.1 Å². The van der Waals surface area contributed by atoms with Crippen molar-refractivity contribution in [3.8, 4) is 28.7 Å². The van der Waals surface area contributed by atoms with Crippen LogP contribution >= 0.6 is 11.9 Å². The number of halogens is 3. The largest absolute Gasteiger partial charge is 0.494 e. The van der Waals surface area contributed by atoms with Gasteiger partial charge < -0.3 is 9.47 Å². The number of ether oxygens (including phenoxy) is 2. The molecule has 0 aliphatic carbocycles. The monoisotopic (exact) mass is 520 g/mol. The van der Waals surface area contributed by atoms with E-state index in [0.29, 0.717) is 27.7 Å². The number of aromatic nitrogens is 7. The molecule has 3 heterocycles. The summed E-state index contributed by atoms with van der Waals surface area (Å²) in [6.45, 7) is 1.06. The van der Waals surface area contributed by atoms with Gasteiger partial charge in [-0.3, -0.25) is 9.29 Å². The van der Waals surface area contributed by atoms with Gasteiger partial charge in [0.1, 0.15) is 28.7 Å². The van der Waals surface area contributed by atoms with Crippen molar-refractivity contribution in [3.05, 3.63) is 54.5 Å². The third kappa shape index (κ3) is 5.08. The fourth-order valence-electron chi connectivity index (χ4n) is 3.36. The first-order valence-electron chi connectivity index (χ1n) is 10.7. The first-order chi connectivity index (χ1) is 17.3. The van der Waals surface area contributed by atoms with Crippen LogP contribution in [0.2, 0.25) is 0 Å². The molecule has 2 unspecified atom stereocenters. The van der Waals surface area contributed by atoms with Crippen molar-refractivity contribution in [1.82, 2.24) is 34.5 Å². The Morgan fingerprint density at radius 2 is 1.67 bits per heavy atom. The van der Waals surface area contributed by atoms with Crippen LogP contribution in [-0.2, 0) is 0 Å².